The van der Waals surface area contributed by atoms with Crippen molar-refractivity contribution < 1.29 is 14.3 Å². The second-order valence-corrected chi connectivity index (χ2v) is 8.80. The van der Waals surface area contributed by atoms with Crippen molar-refractivity contribution in [2.45, 2.75) is 71.0 Å². The molecule has 0 atom stereocenters. The Labute approximate surface area is 107 Å². The van der Waals surface area contributed by atoms with Crippen LogP contribution >= 0.6 is 0 Å². The standard InChI is InChI=1S/C13H28O3Si/c1-4-10-17(11-5-2,12-6-3)16-13(15)8-7-9-14/h14H,4-12H2,1-3H3. The summed E-state index contributed by atoms with van der Waals surface area (Å²) in [7, 11) is -1.84. The molecule has 0 aromatic rings. The molecular formula is C13H28O3Si. The van der Waals surface area contributed by atoms with Crippen molar-refractivity contribution in [2.75, 3.05) is 6.61 Å². The maximum atomic E-state index is 11.7. The van der Waals surface area contributed by atoms with Gasteiger partial charge in [0.15, 0.2) is 0 Å². The van der Waals surface area contributed by atoms with Crippen molar-refractivity contribution in [2.24, 2.45) is 0 Å². The molecule has 0 fully saturated rings. The van der Waals surface area contributed by atoms with Gasteiger partial charge in [0.2, 0.25) is 0 Å². The average molecular weight is 260 g/mol. The molecule has 0 rings (SSSR count). The first-order valence-corrected chi connectivity index (χ1v) is 9.49. The van der Waals surface area contributed by atoms with E-state index in [-0.39, 0.29) is 12.6 Å². The van der Waals surface area contributed by atoms with Crippen molar-refractivity contribution >= 4 is 14.3 Å². The molecule has 0 bridgehead atoms. The minimum atomic E-state index is -1.84. The number of carbonyl (C=O) groups is 1. The first kappa shape index (κ1) is 16.6. The highest BCUT2D eigenvalue weighted by Gasteiger charge is 2.35. The van der Waals surface area contributed by atoms with Crippen molar-refractivity contribution in [3.05, 3.63) is 0 Å². The quantitative estimate of drug-likeness (QED) is 0.612. The van der Waals surface area contributed by atoms with E-state index in [0.29, 0.717) is 12.8 Å². The van der Waals surface area contributed by atoms with E-state index >= 15 is 0 Å². The first-order chi connectivity index (χ1) is 8.14. The fourth-order valence-corrected chi connectivity index (χ4v) is 6.79. The second-order valence-electron chi connectivity index (χ2n) is 4.73. The predicted molar refractivity (Wildman–Crippen MR) is 73.5 cm³/mol. The van der Waals surface area contributed by atoms with Crippen LogP contribution in [0.5, 0.6) is 0 Å². The van der Waals surface area contributed by atoms with E-state index in [1.165, 1.54) is 0 Å². The van der Waals surface area contributed by atoms with Gasteiger partial charge in [0.05, 0.1) is 0 Å². The van der Waals surface area contributed by atoms with E-state index in [4.69, 9.17) is 9.53 Å². The molecule has 0 saturated carbocycles. The summed E-state index contributed by atoms with van der Waals surface area (Å²) in [6.07, 6.45) is 4.18. The third kappa shape index (κ3) is 6.84. The molecule has 0 aromatic heterocycles. The Morgan fingerprint density at radius 2 is 1.53 bits per heavy atom. The number of aliphatic hydroxyl groups is 1. The molecule has 0 amide bonds. The van der Waals surface area contributed by atoms with Gasteiger partial charge in [0, 0.05) is 13.0 Å². The van der Waals surface area contributed by atoms with Crippen LogP contribution in [0, 0.1) is 0 Å². The molecule has 0 spiro atoms. The van der Waals surface area contributed by atoms with Crippen LogP contribution in [0.15, 0.2) is 0 Å². The Morgan fingerprint density at radius 1 is 1.06 bits per heavy atom. The van der Waals surface area contributed by atoms with Crippen LogP contribution in [-0.4, -0.2) is 26.0 Å². The normalized spacial score (nSPS) is 11.5. The molecule has 0 aromatic carbocycles. The third-order valence-electron chi connectivity index (χ3n) is 2.99. The van der Waals surface area contributed by atoms with E-state index < -0.39 is 8.32 Å². The minimum absolute atomic E-state index is 0.0684. The average Bonchev–Trinajstić information content (AvgIpc) is 2.27. The SMILES string of the molecule is CCC[Si](CCC)(CCC)OC(=O)CCCO. The molecular weight excluding hydrogens is 232 g/mol. The highest BCUT2D eigenvalue weighted by atomic mass is 28.4. The number of aliphatic hydroxyl groups excluding tert-OH is 1. The second kappa shape index (κ2) is 9.65. The molecule has 3 nitrogen and oxygen atoms in total. The predicted octanol–water partition coefficient (Wildman–Crippen LogP) is 3.48. The zero-order valence-electron chi connectivity index (χ0n) is 11.6. The lowest BCUT2D eigenvalue weighted by Gasteiger charge is -2.30. The molecule has 102 valence electrons. The van der Waals surface area contributed by atoms with Gasteiger partial charge in [-0.25, -0.2) is 0 Å². The summed E-state index contributed by atoms with van der Waals surface area (Å²) in [6, 6.07) is 3.25. The number of hydrogen-bond acceptors (Lipinski definition) is 3. The maximum Gasteiger partial charge on any atom is 0.292 e. The Kier molecular flexibility index (Phi) is 9.45. The summed E-state index contributed by atoms with van der Waals surface area (Å²) in [6.45, 7) is 6.55. The fraction of sp³-hybridized carbons (Fsp3) is 0.923. The monoisotopic (exact) mass is 260 g/mol. The highest BCUT2D eigenvalue weighted by molar-refractivity contribution is 6.75. The Hall–Kier alpha value is -0.353. The van der Waals surface area contributed by atoms with Crippen molar-refractivity contribution in [1.82, 2.24) is 0 Å². The smallest absolute Gasteiger partial charge is 0.292 e. The van der Waals surface area contributed by atoms with Crippen LogP contribution in [0.4, 0.5) is 0 Å². The number of carbonyl (C=O) groups excluding carboxylic acids is 1. The van der Waals surface area contributed by atoms with E-state index in [2.05, 4.69) is 20.8 Å². The van der Waals surface area contributed by atoms with E-state index in [1.54, 1.807) is 0 Å². The maximum absolute atomic E-state index is 11.7. The van der Waals surface area contributed by atoms with Gasteiger partial charge in [-0.3, -0.25) is 4.79 Å². The summed E-state index contributed by atoms with van der Waals surface area (Å²) in [4.78, 5) is 11.7. The van der Waals surface area contributed by atoms with E-state index in [0.717, 1.165) is 37.4 Å². The minimum Gasteiger partial charge on any atom is -0.519 e. The van der Waals surface area contributed by atoms with Gasteiger partial charge in [-0.15, -0.1) is 0 Å². The molecule has 0 aliphatic rings. The summed E-state index contributed by atoms with van der Waals surface area (Å²) >= 11 is 0. The zero-order valence-corrected chi connectivity index (χ0v) is 12.6. The van der Waals surface area contributed by atoms with E-state index in [9.17, 15) is 4.79 Å². The Bertz CT molecular complexity index is 190. The topological polar surface area (TPSA) is 46.5 Å². The van der Waals surface area contributed by atoms with Gasteiger partial charge in [0.25, 0.3) is 14.3 Å². The fourth-order valence-electron chi connectivity index (χ4n) is 2.41. The molecule has 17 heavy (non-hydrogen) atoms. The lowest BCUT2D eigenvalue weighted by Crippen LogP contribution is -2.40. The third-order valence-corrected chi connectivity index (χ3v) is 7.88. The molecule has 0 aliphatic heterocycles. The highest BCUT2D eigenvalue weighted by Crippen LogP contribution is 2.28. The molecule has 0 aliphatic carbocycles. The summed E-state index contributed by atoms with van der Waals surface area (Å²) in [5.41, 5.74) is 0. The molecule has 0 radical (unpaired) electrons. The lowest BCUT2D eigenvalue weighted by molar-refractivity contribution is -0.135. The lowest BCUT2D eigenvalue weighted by atomic mass is 10.3. The van der Waals surface area contributed by atoms with Crippen molar-refractivity contribution in [3.8, 4) is 0 Å². The van der Waals surface area contributed by atoms with Crippen LogP contribution in [0.3, 0.4) is 0 Å². The van der Waals surface area contributed by atoms with Gasteiger partial charge < -0.3 is 9.53 Å². The number of rotatable bonds is 10. The summed E-state index contributed by atoms with van der Waals surface area (Å²) in [5, 5.41) is 8.73. The van der Waals surface area contributed by atoms with Crippen molar-refractivity contribution in [1.29, 1.82) is 0 Å². The molecule has 4 heteroatoms. The zero-order chi connectivity index (χ0) is 13.1. The summed E-state index contributed by atoms with van der Waals surface area (Å²) < 4.78 is 5.85. The van der Waals surface area contributed by atoms with Gasteiger partial charge >= 0.3 is 0 Å². The molecule has 1 N–H and O–H groups in total. The summed E-state index contributed by atoms with van der Waals surface area (Å²) in [5.74, 6) is -0.0962. The van der Waals surface area contributed by atoms with Gasteiger partial charge in [-0.05, 0) is 24.6 Å². The number of hydrogen-bond donors (Lipinski definition) is 1. The molecule has 0 unspecified atom stereocenters. The van der Waals surface area contributed by atoms with Crippen LogP contribution in [0.25, 0.3) is 0 Å². The largest absolute Gasteiger partial charge is 0.519 e. The first-order valence-electron chi connectivity index (χ1n) is 6.96. The van der Waals surface area contributed by atoms with Gasteiger partial charge in [0.1, 0.15) is 0 Å². The van der Waals surface area contributed by atoms with Crippen LogP contribution in [0.2, 0.25) is 18.1 Å². The molecule has 0 saturated heterocycles. The Balaban J connectivity index is 4.46. The van der Waals surface area contributed by atoms with Crippen LogP contribution in [0.1, 0.15) is 52.9 Å². The molecule has 0 heterocycles. The van der Waals surface area contributed by atoms with Gasteiger partial charge in [-0.1, -0.05) is 40.0 Å². The van der Waals surface area contributed by atoms with E-state index in [1.807, 2.05) is 0 Å². The van der Waals surface area contributed by atoms with Crippen molar-refractivity contribution in [3.63, 3.8) is 0 Å². The van der Waals surface area contributed by atoms with Crippen LogP contribution < -0.4 is 0 Å². The van der Waals surface area contributed by atoms with Crippen LogP contribution in [-0.2, 0) is 9.22 Å². The van der Waals surface area contributed by atoms with Gasteiger partial charge in [-0.2, -0.15) is 0 Å². The Morgan fingerprint density at radius 3 is 1.88 bits per heavy atom.